The van der Waals surface area contributed by atoms with Gasteiger partial charge in [-0.1, -0.05) is 39.8 Å². The smallest absolute Gasteiger partial charge is 0.0300 e. The minimum Gasteiger partial charge on any atom is -0.324 e. The molecule has 1 heteroatoms. The van der Waals surface area contributed by atoms with Crippen LogP contribution in [0.2, 0.25) is 0 Å². The largest absolute Gasteiger partial charge is 0.324 e. The standard InChI is InChI=1S/C17H29N/c1-11-8-13(3)15(9-12(11)2)16(18)10-14(4)17(5,6)7/h8-9,14,16H,10,18H2,1-7H3. The number of hydrogen-bond donors (Lipinski definition) is 1. The summed E-state index contributed by atoms with van der Waals surface area (Å²) >= 11 is 0. The molecule has 1 aromatic carbocycles. The molecule has 1 nitrogen and oxygen atoms in total. The number of nitrogens with two attached hydrogens (primary N) is 1. The summed E-state index contributed by atoms with van der Waals surface area (Å²) < 4.78 is 0. The Balaban J connectivity index is 2.91. The Kier molecular flexibility index (Phi) is 4.61. The fourth-order valence-corrected chi connectivity index (χ4v) is 2.24. The van der Waals surface area contributed by atoms with Crippen LogP contribution in [0.25, 0.3) is 0 Å². The second kappa shape index (κ2) is 5.44. The van der Waals surface area contributed by atoms with Gasteiger partial charge in [-0.2, -0.15) is 0 Å². The summed E-state index contributed by atoms with van der Waals surface area (Å²) in [6.45, 7) is 15.7. The van der Waals surface area contributed by atoms with Crippen molar-refractivity contribution in [3.05, 3.63) is 34.4 Å². The summed E-state index contributed by atoms with van der Waals surface area (Å²) in [6, 6.07) is 4.68. The van der Waals surface area contributed by atoms with Crippen LogP contribution in [0.5, 0.6) is 0 Å². The quantitative estimate of drug-likeness (QED) is 0.824. The highest BCUT2D eigenvalue weighted by molar-refractivity contribution is 5.38. The van der Waals surface area contributed by atoms with Crippen molar-refractivity contribution < 1.29 is 0 Å². The van der Waals surface area contributed by atoms with Gasteiger partial charge in [-0.3, -0.25) is 0 Å². The topological polar surface area (TPSA) is 26.0 Å². The Morgan fingerprint density at radius 2 is 1.50 bits per heavy atom. The van der Waals surface area contributed by atoms with Crippen LogP contribution >= 0.6 is 0 Å². The molecule has 1 rings (SSSR count). The van der Waals surface area contributed by atoms with Crippen LogP contribution in [0.1, 0.15) is 62.4 Å². The number of aryl methyl sites for hydroxylation is 3. The lowest BCUT2D eigenvalue weighted by molar-refractivity contribution is 0.233. The molecule has 0 saturated carbocycles. The first-order valence-electron chi connectivity index (χ1n) is 6.96. The minimum atomic E-state index is 0.151. The van der Waals surface area contributed by atoms with E-state index in [4.69, 9.17) is 5.73 Å². The molecule has 0 aliphatic heterocycles. The van der Waals surface area contributed by atoms with Crippen LogP contribution in [0.15, 0.2) is 12.1 Å². The lowest BCUT2D eigenvalue weighted by atomic mass is 9.77. The van der Waals surface area contributed by atoms with Crippen molar-refractivity contribution in [2.75, 3.05) is 0 Å². The molecule has 0 bridgehead atoms. The van der Waals surface area contributed by atoms with E-state index in [9.17, 15) is 0 Å². The van der Waals surface area contributed by atoms with Gasteiger partial charge < -0.3 is 5.73 Å². The first kappa shape index (κ1) is 15.2. The molecular formula is C17H29N. The zero-order valence-electron chi connectivity index (χ0n) is 13.1. The third-order valence-corrected chi connectivity index (χ3v) is 4.37. The lowest BCUT2D eigenvalue weighted by Gasteiger charge is -2.30. The molecule has 0 saturated heterocycles. The first-order valence-corrected chi connectivity index (χ1v) is 6.96. The molecular weight excluding hydrogens is 218 g/mol. The van der Waals surface area contributed by atoms with E-state index < -0.39 is 0 Å². The van der Waals surface area contributed by atoms with Crippen molar-refractivity contribution in [2.24, 2.45) is 17.1 Å². The van der Waals surface area contributed by atoms with Crippen molar-refractivity contribution in [3.63, 3.8) is 0 Å². The van der Waals surface area contributed by atoms with Gasteiger partial charge in [0, 0.05) is 6.04 Å². The fraction of sp³-hybridized carbons (Fsp3) is 0.647. The molecule has 0 amide bonds. The summed E-state index contributed by atoms with van der Waals surface area (Å²) in [5, 5.41) is 0. The van der Waals surface area contributed by atoms with Gasteiger partial charge in [-0.25, -0.2) is 0 Å². The van der Waals surface area contributed by atoms with Gasteiger partial charge in [0.2, 0.25) is 0 Å². The number of benzene rings is 1. The van der Waals surface area contributed by atoms with E-state index in [0.717, 1.165) is 6.42 Å². The summed E-state index contributed by atoms with van der Waals surface area (Å²) in [5.74, 6) is 0.619. The van der Waals surface area contributed by atoms with Crippen LogP contribution in [0.3, 0.4) is 0 Å². The molecule has 2 unspecified atom stereocenters. The van der Waals surface area contributed by atoms with Crippen molar-refractivity contribution in [1.82, 2.24) is 0 Å². The number of hydrogen-bond acceptors (Lipinski definition) is 1. The third kappa shape index (κ3) is 3.58. The summed E-state index contributed by atoms with van der Waals surface area (Å²) in [5.41, 5.74) is 12.1. The van der Waals surface area contributed by atoms with Crippen LogP contribution in [-0.2, 0) is 0 Å². The molecule has 0 fully saturated rings. The Bertz CT molecular complexity index is 412. The van der Waals surface area contributed by atoms with Crippen LogP contribution in [-0.4, -0.2) is 0 Å². The molecule has 2 N–H and O–H groups in total. The molecule has 2 atom stereocenters. The highest BCUT2D eigenvalue weighted by Gasteiger charge is 2.23. The van der Waals surface area contributed by atoms with Gasteiger partial charge in [0.15, 0.2) is 0 Å². The molecule has 0 aromatic heterocycles. The highest BCUT2D eigenvalue weighted by atomic mass is 14.6. The third-order valence-electron chi connectivity index (χ3n) is 4.37. The van der Waals surface area contributed by atoms with Crippen molar-refractivity contribution >= 4 is 0 Å². The van der Waals surface area contributed by atoms with E-state index in [0.29, 0.717) is 11.3 Å². The maximum Gasteiger partial charge on any atom is 0.0300 e. The maximum absolute atomic E-state index is 6.41. The SMILES string of the molecule is Cc1cc(C)c(C(N)CC(C)C(C)(C)C)cc1C. The monoisotopic (exact) mass is 247 g/mol. The Labute approximate surface area is 113 Å². The molecule has 0 spiro atoms. The minimum absolute atomic E-state index is 0.151. The van der Waals surface area contributed by atoms with Crippen LogP contribution in [0.4, 0.5) is 0 Å². The van der Waals surface area contributed by atoms with Gasteiger partial charge in [0.1, 0.15) is 0 Å². The molecule has 1 aromatic rings. The van der Waals surface area contributed by atoms with E-state index in [-0.39, 0.29) is 6.04 Å². The molecule has 102 valence electrons. The van der Waals surface area contributed by atoms with Crippen molar-refractivity contribution in [2.45, 2.75) is 60.9 Å². The lowest BCUT2D eigenvalue weighted by Crippen LogP contribution is -2.23. The van der Waals surface area contributed by atoms with Gasteiger partial charge in [-0.15, -0.1) is 0 Å². The Morgan fingerprint density at radius 3 is 2.00 bits per heavy atom. The normalized spacial score (nSPS) is 15.6. The van der Waals surface area contributed by atoms with Gasteiger partial charge in [-0.05, 0) is 60.8 Å². The van der Waals surface area contributed by atoms with Gasteiger partial charge in [0.25, 0.3) is 0 Å². The summed E-state index contributed by atoms with van der Waals surface area (Å²) in [7, 11) is 0. The van der Waals surface area contributed by atoms with E-state index in [1.54, 1.807) is 0 Å². The second-order valence-corrected chi connectivity index (χ2v) is 6.90. The van der Waals surface area contributed by atoms with E-state index in [2.05, 4.69) is 60.6 Å². The maximum atomic E-state index is 6.41. The Morgan fingerprint density at radius 1 is 1.00 bits per heavy atom. The van der Waals surface area contributed by atoms with Gasteiger partial charge >= 0.3 is 0 Å². The molecule has 0 aliphatic carbocycles. The van der Waals surface area contributed by atoms with Crippen molar-refractivity contribution in [3.8, 4) is 0 Å². The average Bonchev–Trinajstić information content (AvgIpc) is 2.21. The molecule has 18 heavy (non-hydrogen) atoms. The van der Waals surface area contributed by atoms with Crippen LogP contribution < -0.4 is 5.73 Å². The average molecular weight is 247 g/mol. The predicted octanol–water partition coefficient (Wildman–Crippen LogP) is 4.68. The highest BCUT2D eigenvalue weighted by Crippen LogP contribution is 2.33. The van der Waals surface area contributed by atoms with Gasteiger partial charge in [0.05, 0.1) is 0 Å². The number of rotatable bonds is 3. The molecule has 0 aliphatic rings. The van der Waals surface area contributed by atoms with Crippen molar-refractivity contribution in [1.29, 1.82) is 0 Å². The zero-order chi connectivity index (χ0) is 14.1. The molecule has 0 heterocycles. The summed E-state index contributed by atoms with van der Waals surface area (Å²) in [4.78, 5) is 0. The van der Waals surface area contributed by atoms with Crippen LogP contribution in [0, 0.1) is 32.1 Å². The Hall–Kier alpha value is -0.820. The van der Waals surface area contributed by atoms with E-state index in [1.165, 1.54) is 22.3 Å². The molecule has 0 radical (unpaired) electrons. The predicted molar refractivity (Wildman–Crippen MR) is 80.8 cm³/mol. The van der Waals surface area contributed by atoms with E-state index in [1.807, 2.05) is 0 Å². The first-order chi connectivity index (χ1) is 8.12. The zero-order valence-corrected chi connectivity index (χ0v) is 13.1. The van der Waals surface area contributed by atoms with E-state index >= 15 is 0 Å². The fourth-order valence-electron chi connectivity index (χ4n) is 2.24. The second-order valence-electron chi connectivity index (χ2n) is 6.90. The summed E-state index contributed by atoms with van der Waals surface area (Å²) in [6.07, 6.45) is 1.05.